The molecule has 0 saturated carbocycles. The first kappa shape index (κ1) is 19.5. The molecule has 1 aromatic carbocycles. The number of rotatable bonds is 4. The molecule has 2 rings (SSSR count). The first-order valence-electron chi connectivity index (χ1n) is 8.48. The van der Waals surface area contributed by atoms with Gasteiger partial charge in [0.15, 0.2) is 0 Å². The van der Waals surface area contributed by atoms with Crippen LogP contribution < -0.4 is 10.6 Å². The molecule has 25 heavy (non-hydrogen) atoms. The van der Waals surface area contributed by atoms with Crippen molar-refractivity contribution in [2.75, 3.05) is 25.0 Å². The number of alkyl carbamates (subject to hydrolysis) is 1. The quantitative estimate of drug-likeness (QED) is 0.856. The molecule has 2 N–H and O–H groups in total. The van der Waals surface area contributed by atoms with Crippen LogP contribution in [0.25, 0.3) is 0 Å². The summed E-state index contributed by atoms with van der Waals surface area (Å²) in [7, 11) is 0. The third-order valence-electron chi connectivity index (χ3n) is 3.80. The molecule has 0 atom stereocenters. The fraction of sp³-hybridized carbons (Fsp3) is 0.556. The van der Waals surface area contributed by atoms with Crippen molar-refractivity contribution in [3.8, 4) is 0 Å². The zero-order valence-corrected chi connectivity index (χ0v) is 15.7. The lowest BCUT2D eigenvalue weighted by Gasteiger charge is -2.32. The fourth-order valence-corrected chi connectivity index (χ4v) is 2.77. The number of carbonyl (C=O) groups excluding carboxylic acids is 2. The van der Waals surface area contributed by atoms with Crippen molar-refractivity contribution in [3.63, 3.8) is 0 Å². The molecule has 0 radical (unpaired) electrons. The minimum absolute atomic E-state index is 0.0547. The number of nitrogens with zero attached hydrogens (tertiary/aromatic N) is 1. The third kappa shape index (κ3) is 7.32. The lowest BCUT2D eigenvalue weighted by atomic mass is 10.1. The normalized spacial score (nSPS) is 16.3. The van der Waals surface area contributed by atoms with E-state index >= 15 is 0 Å². The molecule has 6 nitrogen and oxygen atoms in total. The van der Waals surface area contributed by atoms with Crippen LogP contribution in [0.3, 0.4) is 0 Å². The molecule has 0 aliphatic carbocycles. The van der Waals surface area contributed by atoms with Crippen LogP contribution in [0.4, 0.5) is 10.5 Å². The number of ether oxygens (including phenoxy) is 1. The van der Waals surface area contributed by atoms with Gasteiger partial charge in [-0.3, -0.25) is 9.69 Å². The van der Waals surface area contributed by atoms with E-state index in [1.807, 2.05) is 20.8 Å². The Morgan fingerprint density at radius 3 is 2.36 bits per heavy atom. The summed E-state index contributed by atoms with van der Waals surface area (Å²) in [5, 5.41) is 6.39. The molecule has 138 valence electrons. The Morgan fingerprint density at radius 2 is 1.80 bits per heavy atom. The number of carbonyl (C=O) groups is 2. The highest BCUT2D eigenvalue weighted by molar-refractivity contribution is 6.30. The average Bonchev–Trinajstić information content (AvgIpc) is 2.49. The second kappa shape index (κ2) is 8.54. The molecule has 1 heterocycles. The molecule has 0 bridgehead atoms. The van der Waals surface area contributed by atoms with Crippen LogP contribution in [0.2, 0.25) is 5.02 Å². The van der Waals surface area contributed by atoms with E-state index in [4.69, 9.17) is 16.3 Å². The van der Waals surface area contributed by atoms with Gasteiger partial charge in [-0.25, -0.2) is 4.79 Å². The smallest absolute Gasteiger partial charge is 0.407 e. The number of amides is 2. The zero-order valence-electron chi connectivity index (χ0n) is 15.0. The maximum absolute atomic E-state index is 12.1. The van der Waals surface area contributed by atoms with Crippen LogP contribution in [0.15, 0.2) is 24.3 Å². The molecule has 0 unspecified atom stereocenters. The number of hydrogen-bond donors (Lipinski definition) is 2. The summed E-state index contributed by atoms with van der Waals surface area (Å²) in [5.41, 5.74) is 0.237. The van der Waals surface area contributed by atoms with Crippen LogP contribution in [-0.2, 0) is 9.53 Å². The van der Waals surface area contributed by atoms with Crippen LogP contribution in [-0.4, -0.2) is 48.2 Å². The standard InChI is InChI=1S/C18H26ClN3O3/c1-18(2,3)25-17(24)21-15-8-10-22(11-9-15)12-16(23)20-14-6-4-13(19)5-7-14/h4-7,15H,8-12H2,1-3H3,(H,20,23)(H,21,24). The number of nitrogens with one attached hydrogen (secondary N) is 2. The maximum atomic E-state index is 12.1. The summed E-state index contributed by atoms with van der Waals surface area (Å²) in [4.78, 5) is 26.0. The molecule has 0 spiro atoms. The van der Waals surface area contributed by atoms with Gasteiger partial charge in [0, 0.05) is 29.8 Å². The van der Waals surface area contributed by atoms with Gasteiger partial charge in [-0.2, -0.15) is 0 Å². The number of benzene rings is 1. The van der Waals surface area contributed by atoms with Gasteiger partial charge in [0.05, 0.1) is 6.54 Å². The first-order chi connectivity index (χ1) is 11.7. The van der Waals surface area contributed by atoms with Crippen molar-refractivity contribution in [2.45, 2.75) is 45.3 Å². The van der Waals surface area contributed by atoms with Crippen molar-refractivity contribution in [3.05, 3.63) is 29.3 Å². The molecule has 7 heteroatoms. The summed E-state index contributed by atoms with van der Waals surface area (Å²) < 4.78 is 5.27. The zero-order chi connectivity index (χ0) is 18.4. The first-order valence-corrected chi connectivity index (χ1v) is 8.86. The highest BCUT2D eigenvalue weighted by Crippen LogP contribution is 2.15. The van der Waals surface area contributed by atoms with Gasteiger partial charge >= 0.3 is 6.09 Å². The van der Waals surface area contributed by atoms with Gasteiger partial charge in [0.2, 0.25) is 5.91 Å². The predicted molar refractivity (Wildman–Crippen MR) is 98.9 cm³/mol. The predicted octanol–water partition coefficient (Wildman–Crippen LogP) is 3.27. The molecular formula is C18H26ClN3O3. The Labute approximate surface area is 153 Å². The van der Waals surface area contributed by atoms with Gasteiger partial charge in [-0.15, -0.1) is 0 Å². The highest BCUT2D eigenvalue weighted by Gasteiger charge is 2.24. The molecule has 1 saturated heterocycles. The molecule has 1 aliphatic heterocycles. The second-order valence-electron chi connectivity index (χ2n) is 7.25. The van der Waals surface area contributed by atoms with Crippen molar-refractivity contribution in [1.29, 1.82) is 0 Å². The van der Waals surface area contributed by atoms with Crippen molar-refractivity contribution in [2.24, 2.45) is 0 Å². The molecular weight excluding hydrogens is 342 g/mol. The summed E-state index contributed by atoms with van der Waals surface area (Å²) >= 11 is 5.83. The highest BCUT2D eigenvalue weighted by atomic mass is 35.5. The Morgan fingerprint density at radius 1 is 1.20 bits per heavy atom. The van der Waals surface area contributed by atoms with Crippen molar-refractivity contribution in [1.82, 2.24) is 10.2 Å². The molecule has 0 aromatic heterocycles. The Kier molecular flexibility index (Phi) is 6.67. The van der Waals surface area contributed by atoms with Gasteiger partial charge in [0.25, 0.3) is 0 Å². The number of likely N-dealkylation sites (tertiary alicyclic amines) is 1. The number of piperidine rings is 1. The molecule has 1 aromatic rings. The van der Waals surface area contributed by atoms with E-state index in [0.29, 0.717) is 11.6 Å². The molecule has 1 aliphatic rings. The van der Waals surface area contributed by atoms with E-state index in [-0.39, 0.29) is 18.0 Å². The molecule has 2 amide bonds. The Bertz CT molecular complexity index is 591. The monoisotopic (exact) mass is 367 g/mol. The van der Waals surface area contributed by atoms with Crippen molar-refractivity contribution < 1.29 is 14.3 Å². The Balaban J connectivity index is 1.70. The largest absolute Gasteiger partial charge is 0.444 e. The van der Waals surface area contributed by atoms with Gasteiger partial charge < -0.3 is 15.4 Å². The van der Waals surface area contributed by atoms with E-state index in [1.165, 1.54) is 0 Å². The van der Waals surface area contributed by atoms with E-state index in [2.05, 4.69) is 15.5 Å². The SMILES string of the molecule is CC(C)(C)OC(=O)NC1CCN(CC(=O)Nc2ccc(Cl)cc2)CC1. The molecule has 1 fully saturated rings. The van der Waals surface area contributed by atoms with E-state index < -0.39 is 5.60 Å². The summed E-state index contributed by atoms with van der Waals surface area (Å²) in [5.74, 6) is -0.0547. The van der Waals surface area contributed by atoms with Crippen LogP contribution in [0.1, 0.15) is 33.6 Å². The fourth-order valence-electron chi connectivity index (χ4n) is 2.65. The van der Waals surface area contributed by atoms with E-state index in [9.17, 15) is 9.59 Å². The number of anilines is 1. The van der Waals surface area contributed by atoms with E-state index in [1.54, 1.807) is 24.3 Å². The maximum Gasteiger partial charge on any atom is 0.407 e. The van der Waals surface area contributed by atoms with Crippen LogP contribution in [0.5, 0.6) is 0 Å². The summed E-state index contributed by atoms with van der Waals surface area (Å²) in [6.45, 7) is 7.38. The number of hydrogen-bond acceptors (Lipinski definition) is 4. The third-order valence-corrected chi connectivity index (χ3v) is 4.06. The van der Waals surface area contributed by atoms with Crippen LogP contribution in [0, 0.1) is 0 Å². The minimum atomic E-state index is -0.495. The van der Waals surface area contributed by atoms with E-state index in [0.717, 1.165) is 31.6 Å². The Hall–Kier alpha value is -1.79. The summed E-state index contributed by atoms with van der Waals surface area (Å²) in [6.07, 6.45) is 1.22. The average molecular weight is 368 g/mol. The minimum Gasteiger partial charge on any atom is -0.444 e. The lowest BCUT2D eigenvalue weighted by Crippen LogP contribution is -2.47. The topological polar surface area (TPSA) is 70.7 Å². The van der Waals surface area contributed by atoms with Crippen molar-refractivity contribution >= 4 is 29.3 Å². The van der Waals surface area contributed by atoms with Crippen LogP contribution >= 0.6 is 11.6 Å². The van der Waals surface area contributed by atoms with Gasteiger partial charge in [-0.1, -0.05) is 11.6 Å². The van der Waals surface area contributed by atoms with Gasteiger partial charge in [-0.05, 0) is 57.9 Å². The second-order valence-corrected chi connectivity index (χ2v) is 7.69. The number of halogens is 1. The lowest BCUT2D eigenvalue weighted by molar-refractivity contribution is -0.117. The summed E-state index contributed by atoms with van der Waals surface area (Å²) in [6, 6.07) is 7.12. The van der Waals surface area contributed by atoms with Gasteiger partial charge in [0.1, 0.15) is 5.60 Å².